The van der Waals surface area contributed by atoms with Crippen molar-refractivity contribution < 1.29 is 28.8 Å². The van der Waals surface area contributed by atoms with Gasteiger partial charge in [-0.25, -0.2) is 9.69 Å². The quantitative estimate of drug-likeness (QED) is 0.144. The fraction of sp³-hybridized carbons (Fsp3) is 0.346. The molecule has 0 aromatic heterocycles. The number of non-ortho nitro benzene ring substituents is 1. The van der Waals surface area contributed by atoms with Crippen molar-refractivity contribution in [3.8, 4) is 11.5 Å². The predicted molar refractivity (Wildman–Crippen MR) is 134 cm³/mol. The Hall–Kier alpha value is -4.21. The van der Waals surface area contributed by atoms with Crippen molar-refractivity contribution in [1.82, 2.24) is 5.32 Å². The number of nitrogens with one attached hydrogen (secondary N) is 1. The number of amides is 4. The van der Waals surface area contributed by atoms with E-state index in [-0.39, 0.29) is 16.9 Å². The van der Waals surface area contributed by atoms with Gasteiger partial charge in [0.1, 0.15) is 5.57 Å². The van der Waals surface area contributed by atoms with E-state index in [1.54, 1.807) is 18.2 Å². The van der Waals surface area contributed by atoms with E-state index in [1.165, 1.54) is 63.1 Å². The van der Waals surface area contributed by atoms with E-state index in [4.69, 9.17) is 9.47 Å². The Morgan fingerprint density at radius 3 is 2.33 bits per heavy atom. The highest BCUT2D eigenvalue weighted by molar-refractivity contribution is 6.39. The first kappa shape index (κ1) is 26.4. The Kier molecular flexibility index (Phi) is 9.15. The zero-order valence-corrected chi connectivity index (χ0v) is 20.3. The monoisotopic (exact) mass is 495 g/mol. The van der Waals surface area contributed by atoms with Gasteiger partial charge in [-0.1, -0.05) is 45.1 Å². The summed E-state index contributed by atoms with van der Waals surface area (Å²) in [4.78, 5) is 48.9. The lowest BCUT2D eigenvalue weighted by atomic mass is 10.1. The van der Waals surface area contributed by atoms with Crippen molar-refractivity contribution >= 4 is 35.3 Å². The molecule has 0 spiro atoms. The number of nitro groups is 1. The number of urea groups is 1. The minimum Gasteiger partial charge on any atom is -0.493 e. The molecule has 0 atom stereocenters. The molecule has 10 nitrogen and oxygen atoms in total. The molecule has 10 heteroatoms. The van der Waals surface area contributed by atoms with Gasteiger partial charge >= 0.3 is 6.03 Å². The molecular formula is C26H29N3O7. The summed E-state index contributed by atoms with van der Waals surface area (Å²) in [6.07, 6.45) is 8.22. The fourth-order valence-electron chi connectivity index (χ4n) is 3.74. The van der Waals surface area contributed by atoms with E-state index >= 15 is 0 Å². The van der Waals surface area contributed by atoms with Crippen LogP contribution in [-0.2, 0) is 9.59 Å². The van der Waals surface area contributed by atoms with Gasteiger partial charge < -0.3 is 9.47 Å². The molecule has 0 saturated carbocycles. The van der Waals surface area contributed by atoms with Gasteiger partial charge in [-0.05, 0) is 42.3 Å². The molecule has 1 saturated heterocycles. The molecule has 190 valence electrons. The number of nitrogens with zero attached hydrogens (tertiary/aromatic N) is 2. The second-order valence-electron chi connectivity index (χ2n) is 8.26. The van der Waals surface area contributed by atoms with Crippen molar-refractivity contribution in [2.24, 2.45) is 0 Å². The van der Waals surface area contributed by atoms with Gasteiger partial charge in [-0.2, -0.15) is 0 Å². The van der Waals surface area contributed by atoms with Crippen LogP contribution in [0.5, 0.6) is 11.5 Å². The second-order valence-corrected chi connectivity index (χ2v) is 8.26. The van der Waals surface area contributed by atoms with Crippen molar-refractivity contribution in [2.75, 3.05) is 18.6 Å². The van der Waals surface area contributed by atoms with Crippen LogP contribution in [0.3, 0.4) is 0 Å². The number of carbonyl (C=O) groups is 3. The number of methoxy groups -OCH3 is 1. The van der Waals surface area contributed by atoms with Crippen molar-refractivity contribution in [3.63, 3.8) is 0 Å². The number of unbranched alkanes of at least 4 members (excludes halogenated alkanes) is 5. The second kappa shape index (κ2) is 12.5. The molecule has 3 rings (SSSR count). The molecule has 0 unspecified atom stereocenters. The molecular weight excluding hydrogens is 466 g/mol. The Bertz CT molecular complexity index is 1160. The SMILES string of the molecule is CCCCCCCCOc1ccc(C=C2C(=O)NC(=O)N(c3ccc([N+](=O)[O-])cc3)C2=O)cc1OC. The molecule has 2 aromatic carbocycles. The van der Waals surface area contributed by atoms with E-state index in [2.05, 4.69) is 12.2 Å². The highest BCUT2D eigenvalue weighted by Gasteiger charge is 2.37. The van der Waals surface area contributed by atoms with Crippen LogP contribution < -0.4 is 19.7 Å². The van der Waals surface area contributed by atoms with Crippen LogP contribution in [0.2, 0.25) is 0 Å². The van der Waals surface area contributed by atoms with E-state index in [9.17, 15) is 24.5 Å². The number of benzene rings is 2. The number of anilines is 1. The maximum Gasteiger partial charge on any atom is 0.335 e. The van der Waals surface area contributed by atoms with Gasteiger partial charge in [0.2, 0.25) is 0 Å². The topological polar surface area (TPSA) is 128 Å². The first-order valence-electron chi connectivity index (χ1n) is 11.8. The minimum atomic E-state index is -0.938. The van der Waals surface area contributed by atoms with Gasteiger partial charge in [-0.3, -0.25) is 25.0 Å². The summed E-state index contributed by atoms with van der Waals surface area (Å²) in [7, 11) is 1.50. The zero-order chi connectivity index (χ0) is 26.1. The number of carbonyl (C=O) groups excluding carboxylic acids is 3. The minimum absolute atomic E-state index is 0.0949. The first-order chi connectivity index (χ1) is 17.3. The molecule has 1 N–H and O–H groups in total. The van der Waals surface area contributed by atoms with Gasteiger partial charge in [0, 0.05) is 12.1 Å². The third-order valence-corrected chi connectivity index (χ3v) is 5.67. The van der Waals surface area contributed by atoms with Crippen molar-refractivity contribution in [3.05, 3.63) is 63.7 Å². The highest BCUT2D eigenvalue weighted by atomic mass is 16.6. The lowest BCUT2D eigenvalue weighted by molar-refractivity contribution is -0.384. The smallest absolute Gasteiger partial charge is 0.335 e. The number of nitro benzene ring substituents is 1. The van der Waals surface area contributed by atoms with E-state index < -0.39 is 22.8 Å². The van der Waals surface area contributed by atoms with Gasteiger partial charge in [-0.15, -0.1) is 0 Å². The number of hydrogen-bond acceptors (Lipinski definition) is 7. The molecule has 0 radical (unpaired) electrons. The fourth-order valence-corrected chi connectivity index (χ4v) is 3.74. The van der Waals surface area contributed by atoms with Crippen LogP contribution in [0, 0.1) is 10.1 Å². The van der Waals surface area contributed by atoms with Crippen molar-refractivity contribution in [2.45, 2.75) is 45.4 Å². The molecule has 4 amide bonds. The van der Waals surface area contributed by atoms with Gasteiger partial charge in [0.15, 0.2) is 11.5 Å². The summed E-state index contributed by atoms with van der Waals surface area (Å²) in [5, 5.41) is 13.0. The average molecular weight is 496 g/mol. The van der Waals surface area contributed by atoms with E-state index in [0.717, 1.165) is 17.7 Å². The molecule has 2 aromatic rings. The van der Waals surface area contributed by atoms with Crippen LogP contribution >= 0.6 is 0 Å². The third kappa shape index (κ3) is 6.47. The zero-order valence-electron chi connectivity index (χ0n) is 20.3. The van der Waals surface area contributed by atoms with Crippen LogP contribution in [0.25, 0.3) is 6.08 Å². The summed E-state index contributed by atoms with van der Waals surface area (Å²) >= 11 is 0. The molecule has 0 bridgehead atoms. The molecule has 1 aliphatic heterocycles. The Morgan fingerprint density at radius 2 is 1.67 bits per heavy atom. The van der Waals surface area contributed by atoms with Crippen molar-refractivity contribution in [1.29, 1.82) is 0 Å². The summed E-state index contributed by atoms with van der Waals surface area (Å²) in [5.74, 6) is -0.692. The van der Waals surface area contributed by atoms with Crippen LogP contribution in [0.1, 0.15) is 51.0 Å². The maximum absolute atomic E-state index is 13.0. The van der Waals surface area contributed by atoms with Gasteiger partial charge in [0.05, 0.1) is 24.3 Å². The number of ether oxygens (including phenoxy) is 2. The summed E-state index contributed by atoms with van der Waals surface area (Å²) in [6.45, 7) is 2.73. The molecule has 1 fully saturated rings. The Labute approximate surface area is 209 Å². The summed E-state index contributed by atoms with van der Waals surface area (Å²) < 4.78 is 11.3. The van der Waals surface area contributed by atoms with E-state index in [1.807, 2.05) is 0 Å². The van der Waals surface area contributed by atoms with E-state index in [0.29, 0.717) is 23.7 Å². The highest BCUT2D eigenvalue weighted by Crippen LogP contribution is 2.30. The number of hydrogen-bond donors (Lipinski definition) is 1. The molecule has 36 heavy (non-hydrogen) atoms. The lowest BCUT2D eigenvalue weighted by Crippen LogP contribution is -2.54. The molecule has 1 heterocycles. The number of rotatable bonds is 12. The van der Waals surface area contributed by atoms with Crippen LogP contribution in [-0.4, -0.2) is 36.5 Å². The standard InChI is InChI=1S/C26H29N3O7/c1-3-4-5-6-7-8-15-36-22-14-9-18(17-23(22)35-2)16-21-24(30)27-26(32)28(25(21)31)19-10-12-20(13-11-19)29(33)34/h9-14,16-17H,3-8,15H2,1-2H3,(H,27,30,32). The predicted octanol–water partition coefficient (Wildman–Crippen LogP) is 5.01. The Morgan fingerprint density at radius 1 is 0.972 bits per heavy atom. The van der Waals surface area contributed by atoms with Gasteiger partial charge in [0.25, 0.3) is 17.5 Å². The van der Waals surface area contributed by atoms with Crippen LogP contribution in [0.15, 0.2) is 48.0 Å². The molecule has 0 aliphatic carbocycles. The number of imide groups is 2. The molecule has 1 aliphatic rings. The lowest BCUT2D eigenvalue weighted by Gasteiger charge is -2.26. The first-order valence-corrected chi connectivity index (χ1v) is 11.8. The Balaban J connectivity index is 1.74. The average Bonchev–Trinajstić information content (AvgIpc) is 2.86. The maximum atomic E-state index is 13.0. The normalized spacial score (nSPS) is 14.7. The summed E-state index contributed by atoms with van der Waals surface area (Å²) in [5.41, 5.74) is 0.130. The third-order valence-electron chi connectivity index (χ3n) is 5.67. The number of barbiturate groups is 1. The van der Waals surface area contributed by atoms with Crippen LogP contribution in [0.4, 0.5) is 16.2 Å². The largest absolute Gasteiger partial charge is 0.493 e. The summed E-state index contributed by atoms with van der Waals surface area (Å²) in [6, 6.07) is 8.95.